The number of hydrogen-bond donors (Lipinski definition) is 1. The van der Waals surface area contributed by atoms with Crippen LogP contribution < -0.4 is 10.5 Å². The van der Waals surface area contributed by atoms with Gasteiger partial charge in [0.05, 0.1) is 6.26 Å². The van der Waals surface area contributed by atoms with Crippen LogP contribution in [-0.2, 0) is 0 Å². The maximum absolute atomic E-state index is 5.78. The molecule has 1 aromatic carbocycles. The van der Waals surface area contributed by atoms with Gasteiger partial charge in [0.1, 0.15) is 17.4 Å². The molecule has 2 N–H and O–H groups in total. The zero-order valence-corrected chi connectivity index (χ0v) is 8.35. The van der Waals surface area contributed by atoms with E-state index in [1.165, 1.54) is 0 Å². The predicted molar refractivity (Wildman–Crippen MR) is 57.8 cm³/mol. The van der Waals surface area contributed by atoms with Gasteiger partial charge in [0.15, 0.2) is 0 Å². The maximum atomic E-state index is 5.78. The number of hydrogen-bond acceptors (Lipinski definition) is 3. The Kier molecular flexibility index (Phi) is 1.92. The Hall–Kier alpha value is -1.48. The Morgan fingerprint density at radius 3 is 2.93 bits per heavy atom. The van der Waals surface area contributed by atoms with Crippen LogP contribution in [0.25, 0.3) is 11.0 Å². The molecule has 1 aliphatic rings. The standard InChI is InChI=1S/C12H13NO2/c13-9-6-11(7-9)15-10-1-2-12-8(5-10)3-4-14-12/h1-5,9,11H,6-7,13H2. The van der Waals surface area contributed by atoms with Crippen LogP contribution in [-0.4, -0.2) is 12.1 Å². The monoisotopic (exact) mass is 203 g/mol. The molecule has 0 atom stereocenters. The topological polar surface area (TPSA) is 48.4 Å². The second kappa shape index (κ2) is 3.28. The van der Waals surface area contributed by atoms with Gasteiger partial charge in [-0.25, -0.2) is 0 Å². The molecule has 0 spiro atoms. The van der Waals surface area contributed by atoms with Crippen LogP contribution >= 0.6 is 0 Å². The van der Waals surface area contributed by atoms with Gasteiger partial charge in [-0.3, -0.25) is 0 Å². The smallest absolute Gasteiger partial charge is 0.134 e. The second-order valence-corrected chi connectivity index (χ2v) is 4.09. The highest BCUT2D eigenvalue weighted by Crippen LogP contribution is 2.27. The minimum Gasteiger partial charge on any atom is -0.490 e. The summed E-state index contributed by atoms with van der Waals surface area (Å²) in [5.74, 6) is 0.904. The van der Waals surface area contributed by atoms with Crippen LogP contribution in [0.4, 0.5) is 0 Å². The summed E-state index contributed by atoms with van der Waals surface area (Å²) in [5.41, 5.74) is 6.60. The highest BCUT2D eigenvalue weighted by molar-refractivity contribution is 5.78. The van der Waals surface area contributed by atoms with E-state index in [1.54, 1.807) is 6.26 Å². The van der Waals surface area contributed by atoms with Crippen LogP contribution in [0.15, 0.2) is 34.9 Å². The molecule has 0 saturated heterocycles. The first kappa shape index (κ1) is 8.80. The number of benzene rings is 1. The van der Waals surface area contributed by atoms with Crippen molar-refractivity contribution in [3.8, 4) is 5.75 Å². The third-order valence-corrected chi connectivity index (χ3v) is 2.86. The molecule has 3 rings (SSSR count). The molecule has 1 aromatic heterocycles. The van der Waals surface area contributed by atoms with Gasteiger partial charge >= 0.3 is 0 Å². The summed E-state index contributed by atoms with van der Waals surface area (Å²) >= 11 is 0. The lowest BCUT2D eigenvalue weighted by Gasteiger charge is -2.32. The lowest BCUT2D eigenvalue weighted by Crippen LogP contribution is -2.43. The van der Waals surface area contributed by atoms with Gasteiger partial charge in [-0.2, -0.15) is 0 Å². The van der Waals surface area contributed by atoms with Crippen molar-refractivity contribution in [1.82, 2.24) is 0 Å². The van der Waals surface area contributed by atoms with E-state index in [0.717, 1.165) is 29.6 Å². The van der Waals surface area contributed by atoms with Gasteiger partial charge in [0.2, 0.25) is 0 Å². The molecule has 15 heavy (non-hydrogen) atoms. The zero-order valence-electron chi connectivity index (χ0n) is 8.35. The Morgan fingerprint density at radius 2 is 2.13 bits per heavy atom. The molecule has 3 heteroatoms. The van der Waals surface area contributed by atoms with Crippen molar-refractivity contribution in [2.75, 3.05) is 0 Å². The van der Waals surface area contributed by atoms with E-state index in [2.05, 4.69) is 0 Å². The largest absolute Gasteiger partial charge is 0.490 e. The van der Waals surface area contributed by atoms with Gasteiger partial charge in [0.25, 0.3) is 0 Å². The Bertz CT molecular complexity index is 471. The van der Waals surface area contributed by atoms with Crippen LogP contribution in [0.3, 0.4) is 0 Å². The van der Waals surface area contributed by atoms with E-state index in [4.69, 9.17) is 14.9 Å². The molecule has 1 saturated carbocycles. The summed E-state index contributed by atoms with van der Waals surface area (Å²) < 4.78 is 11.0. The Labute approximate surface area is 87.8 Å². The molecule has 0 amide bonds. The number of fused-ring (bicyclic) bond motifs is 1. The zero-order chi connectivity index (χ0) is 10.3. The first-order valence-electron chi connectivity index (χ1n) is 5.21. The van der Waals surface area contributed by atoms with E-state index >= 15 is 0 Å². The molecular formula is C12H13NO2. The SMILES string of the molecule is NC1CC(Oc2ccc3occc3c2)C1. The van der Waals surface area contributed by atoms with E-state index in [1.807, 2.05) is 24.3 Å². The summed E-state index contributed by atoms with van der Waals surface area (Å²) in [7, 11) is 0. The van der Waals surface area contributed by atoms with Crippen molar-refractivity contribution in [1.29, 1.82) is 0 Å². The molecule has 1 fully saturated rings. The van der Waals surface area contributed by atoms with Crippen molar-refractivity contribution in [3.05, 3.63) is 30.5 Å². The quantitative estimate of drug-likeness (QED) is 0.814. The lowest BCUT2D eigenvalue weighted by molar-refractivity contribution is 0.101. The van der Waals surface area contributed by atoms with Crippen LogP contribution in [0, 0.1) is 0 Å². The van der Waals surface area contributed by atoms with E-state index < -0.39 is 0 Å². The van der Waals surface area contributed by atoms with Crippen molar-refractivity contribution in [2.24, 2.45) is 5.73 Å². The maximum Gasteiger partial charge on any atom is 0.134 e. The van der Waals surface area contributed by atoms with Crippen LogP contribution in [0.1, 0.15) is 12.8 Å². The fraction of sp³-hybridized carbons (Fsp3) is 0.333. The van der Waals surface area contributed by atoms with Gasteiger partial charge in [0, 0.05) is 11.4 Å². The van der Waals surface area contributed by atoms with Crippen LogP contribution in [0.5, 0.6) is 5.75 Å². The molecule has 2 aromatic rings. The Morgan fingerprint density at radius 1 is 1.27 bits per heavy atom. The lowest BCUT2D eigenvalue weighted by atomic mass is 9.90. The number of ether oxygens (including phenoxy) is 1. The molecule has 1 heterocycles. The molecular weight excluding hydrogens is 190 g/mol. The molecule has 1 aliphatic carbocycles. The van der Waals surface area contributed by atoms with Gasteiger partial charge in [-0.05, 0) is 37.1 Å². The van der Waals surface area contributed by atoms with E-state index in [-0.39, 0.29) is 0 Å². The average Bonchev–Trinajstić information content (AvgIpc) is 2.62. The number of rotatable bonds is 2. The molecule has 0 radical (unpaired) electrons. The summed E-state index contributed by atoms with van der Waals surface area (Å²) in [6.45, 7) is 0. The molecule has 3 nitrogen and oxygen atoms in total. The molecule has 0 unspecified atom stereocenters. The highest BCUT2D eigenvalue weighted by atomic mass is 16.5. The highest BCUT2D eigenvalue weighted by Gasteiger charge is 2.27. The minimum absolute atomic E-state index is 0.296. The first-order chi connectivity index (χ1) is 7.31. The van der Waals surface area contributed by atoms with Gasteiger partial charge in [-0.15, -0.1) is 0 Å². The first-order valence-corrected chi connectivity index (χ1v) is 5.21. The fourth-order valence-electron chi connectivity index (χ4n) is 1.91. The van der Waals surface area contributed by atoms with Crippen molar-refractivity contribution in [2.45, 2.75) is 25.0 Å². The number of nitrogens with two attached hydrogens (primary N) is 1. The minimum atomic E-state index is 0.296. The fourth-order valence-corrected chi connectivity index (χ4v) is 1.91. The second-order valence-electron chi connectivity index (χ2n) is 4.09. The van der Waals surface area contributed by atoms with Crippen molar-refractivity contribution >= 4 is 11.0 Å². The molecule has 0 bridgehead atoms. The summed E-state index contributed by atoms with van der Waals surface area (Å²) in [6.07, 6.45) is 3.91. The van der Waals surface area contributed by atoms with Gasteiger partial charge < -0.3 is 14.9 Å². The summed E-state index contributed by atoms with van der Waals surface area (Å²) in [6, 6.07) is 8.14. The molecule has 0 aliphatic heterocycles. The predicted octanol–water partition coefficient (Wildman–Crippen LogP) is 2.30. The van der Waals surface area contributed by atoms with Crippen LogP contribution in [0.2, 0.25) is 0 Å². The summed E-state index contributed by atoms with van der Waals surface area (Å²) in [4.78, 5) is 0. The van der Waals surface area contributed by atoms with Crippen molar-refractivity contribution < 1.29 is 9.15 Å². The van der Waals surface area contributed by atoms with Crippen molar-refractivity contribution in [3.63, 3.8) is 0 Å². The third kappa shape index (κ3) is 1.59. The van der Waals surface area contributed by atoms with E-state index in [9.17, 15) is 0 Å². The average molecular weight is 203 g/mol. The molecule has 78 valence electrons. The number of furan rings is 1. The normalized spacial score (nSPS) is 25.1. The van der Waals surface area contributed by atoms with E-state index in [0.29, 0.717) is 12.1 Å². The van der Waals surface area contributed by atoms with Gasteiger partial charge in [-0.1, -0.05) is 0 Å². The summed E-state index contributed by atoms with van der Waals surface area (Å²) in [5, 5.41) is 1.08. The third-order valence-electron chi connectivity index (χ3n) is 2.86. The Balaban J connectivity index is 1.79.